The predicted octanol–water partition coefficient (Wildman–Crippen LogP) is 0.749. The predicted molar refractivity (Wildman–Crippen MR) is 89.1 cm³/mol. The van der Waals surface area contributed by atoms with Crippen molar-refractivity contribution >= 4 is 17.7 Å². The molecule has 3 amide bonds. The molecule has 0 bridgehead atoms. The third-order valence-corrected chi connectivity index (χ3v) is 5.04. The van der Waals surface area contributed by atoms with Crippen LogP contribution in [0.2, 0.25) is 0 Å². The maximum atomic E-state index is 12.4. The Bertz CT molecular complexity index is 641. The van der Waals surface area contributed by atoms with Crippen LogP contribution in [0.25, 0.3) is 0 Å². The van der Waals surface area contributed by atoms with Gasteiger partial charge in [-0.3, -0.25) is 19.7 Å². The van der Waals surface area contributed by atoms with Gasteiger partial charge in [0.15, 0.2) is 0 Å². The van der Waals surface area contributed by atoms with Gasteiger partial charge >= 0.3 is 0 Å². The molecule has 3 rings (SSSR count). The molecule has 24 heavy (non-hydrogen) atoms. The van der Waals surface area contributed by atoms with Crippen LogP contribution in [0.1, 0.15) is 41.6 Å². The zero-order valence-electron chi connectivity index (χ0n) is 13.6. The smallest absolute Gasteiger partial charge is 0.251 e. The van der Waals surface area contributed by atoms with E-state index in [9.17, 15) is 14.4 Å². The highest BCUT2D eigenvalue weighted by atomic mass is 16.2. The number of imide groups is 1. The van der Waals surface area contributed by atoms with E-state index in [1.165, 1.54) is 0 Å². The third-order valence-electron chi connectivity index (χ3n) is 5.04. The lowest BCUT2D eigenvalue weighted by atomic mass is 9.97. The minimum Gasteiger partial charge on any atom is -0.349 e. The fourth-order valence-electron chi connectivity index (χ4n) is 3.61. The topological polar surface area (TPSA) is 101 Å². The zero-order chi connectivity index (χ0) is 17.1. The number of nitrogens with one attached hydrogen (secondary N) is 2. The van der Waals surface area contributed by atoms with E-state index in [4.69, 9.17) is 5.73 Å². The van der Waals surface area contributed by atoms with Crippen molar-refractivity contribution in [3.8, 4) is 0 Å². The van der Waals surface area contributed by atoms with Gasteiger partial charge in [-0.2, -0.15) is 0 Å². The summed E-state index contributed by atoms with van der Waals surface area (Å²) in [6.45, 7) is 0.603. The molecule has 1 aliphatic heterocycles. The Morgan fingerprint density at radius 3 is 2.58 bits per heavy atom. The summed E-state index contributed by atoms with van der Waals surface area (Å²) < 4.78 is 0. The normalized spacial score (nSPS) is 26.5. The van der Waals surface area contributed by atoms with Crippen LogP contribution in [0.4, 0.5) is 0 Å². The average Bonchev–Trinajstić information content (AvgIpc) is 3.14. The standard InChI is InChI=1S/C18H23N3O3/c19-10-13-2-1-3-15(13)20-17(23)12-6-4-11(5-7-12)8-14-9-16(22)21-18(14)24/h4-7,13-15H,1-3,8-10,19H2,(H,20,23)(H,21,22,24). The molecule has 6 heteroatoms. The Labute approximate surface area is 141 Å². The third kappa shape index (κ3) is 3.64. The number of hydrogen-bond acceptors (Lipinski definition) is 4. The van der Waals surface area contributed by atoms with Crippen LogP contribution >= 0.6 is 0 Å². The second-order valence-corrected chi connectivity index (χ2v) is 6.72. The SMILES string of the molecule is NCC1CCCC1NC(=O)c1ccc(CC2CC(=O)NC2=O)cc1. The van der Waals surface area contributed by atoms with Crippen LogP contribution in [0.5, 0.6) is 0 Å². The quantitative estimate of drug-likeness (QED) is 0.694. The van der Waals surface area contributed by atoms with E-state index in [0.29, 0.717) is 24.4 Å². The summed E-state index contributed by atoms with van der Waals surface area (Å²) in [5.41, 5.74) is 7.30. The molecule has 1 saturated carbocycles. The number of benzene rings is 1. The minimum atomic E-state index is -0.305. The van der Waals surface area contributed by atoms with Crippen molar-refractivity contribution in [1.29, 1.82) is 0 Å². The van der Waals surface area contributed by atoms with Crippen molar-refractivity contribution in [2.75, 3.05) is 6.54 Å². The lowest BCUT2D eigenvalue weighted by Crippen LogP contribution is -2.39. The summed E-state index contributed by atoms with van der Waals surface area (Å²) >= 11 is 0. The minimum absolute atomic E-state index is 0.0827. The Morgan fingerprint density at radius 2 is 1.96 bits per heavy atom. The summed E-state index contributed by atoms with van der Waals surface area (Å²) in [5, 5.41) is 5.39. The fourth-order valence-corrected chi connectivity index (χ4v) is 3.61. The van der Waals surface area contributed by atoms with E-state index >= 15 is 0 Å². The Hall–Kier alpha value is -2.21. The molecule has 2 aliphatic rings. The van der Waals surface area contributed by atoms with E-state index < -0.39 is 0 Å². The van der Waals surface area contributed by atoms with Crippen molar-refractivity contribution < 1.29 is 14.4 Å². The first-order chi connectivity index (χ1) is 11.6. The van der Waals surface area contributed by atoms with Gasteiger partial charge in [0, 0.05) is 18.0 Å². The van der Waals surface area contributed by atoms with Crippen LogP contribution in [0.15, 0.2) is 24.3 Å². The maximum absolute atomic E-state index is 12.4. The molecule has 3 unspecified atom stereocenters. The molecule has 1 heterocycles. The van der Waals surface area contributed by atoms with Crippen molar-refractivity contribution in [3.05, 3.63) is 35.4 Å². The molecule has 2 fully saturated rings. The molecule has 0 radical (unpaired) electrons. The van der Waals surface area contributed by atoms with Gasteiger partial charge in [0.05, 0.1) is 5.92 Å². The van der Waals surface area contributed by atoms with E-state index in [1.54, 1.807) is 12.1 Å². The Morgan fingerprint density at radius 1 is 1.21 bits per heavy atom. The first kappa shape index (κ1) is 16.6. The molecule has 128 valence electrons. The average molecular weight is 329 g/mol. The van der Waals surface area contributed by atoms with Gasteiger partial charge in [-0.25, -0.2) is 0 Å². The molecule has 0 spiro atoms. The van der Waals surface area contributed by atoms with E-state index in [2.05, 4.69) is 10.6 Å². The van der Waals surface area contributed by atoms with Crippen LogP contribution in [0.3, 0.4) is 0 Å². The molecule has 3 atom stereocenters. The zero-order valence-corrected chi connectivity index (χ0v) is 13.6. The van der Waals surface area contributed by atoms with E-state index in [-0.39, 0.29) is 36.1 Å². The van der Waals surface area contributed by atoms with Gasteiger partial charge in [0.25, 0.3) is 5.91 Å². The first-order valence-corrected chi connectivity index (χ1v) is 8.50. The summed E-state index contributed by atoms with van der Waals surface area (Å²) in [6.07, 6.45) is 3.91. The van der Waals surface area contributed by atoms with E-state index in [0.717, 1.165) is 24.8 Å². The largest absolute Gasteiger partial charge is 0.349 e. The molecule has 1 aliphatic carbocycles. The van der Waals surface area contributed by atoms with Gasteiger partial charge in [0.2, 0.25) is 11.8 Å². The number of carbonyl (C=O) groups excluding carboxylic acids is 3. The molecular weight excluding hydrogens is 306 g/mol. The van der Waals surface area contributed by atoms with Gasteiger partial charge in [-0.1, -0.05) is 18.6 Å². The molecule has 1 aromatic carbocycles. The molecule has 1 saturated heterocycles. The molecule has 6 nitrogen and oxygen atoms in total. The number of nitrogens with two attached hydrogens (primary N) is 1. The van der Waals surface area contributed by atoms with Gasteiger partial charge in [-0.15, -0.1) is 0 Å². The summed E-state index contributed by atoms with van der Waals surface area (Å²) in [5.74, 6) is -0.448. The van der Waals surface area contributed by atoms with Crippen molar-refractivity contribution in [3.63, 3.8) is 0 Å². The number of hydrogen-bond donors (Lipinski definition) is 3. The van der Waals surface area contributed by atoms with Crippen LogP contribution < -0.4 is 16.4 Å². The van der Waals surface area contributed by atoms with Crippen LogP contribution in [-0.2, 0) is 16.0 Å². The van der Waals surface area contributed by atoms with Gasteiger partial charge in [-0.05, 0) is 49.4 Å². The molecule has 1 aromatic rings. The highest BCUT2D eigenvalue weighted by Gasteiger charge is 2.30. The first-order valence-electron chi connectivity index (χ1n) is 8.50. The highest BCUT2D eigenvalue weighted by Crippen LogP contribution is 2.25. The van der Waals surface area contributed by atoms with Crippen molar-refractivity contribution in [2.24, 2.45) is 17.6 Å². The monoisotopic (exact) mass is 329 g/mol. The van der Waals surface area contributed by atoms with Crippen LogP contribution in [0, 0.1) is 11.8 Å². The summed E-state index contributed by atoms with van der Waals surface area (Å²) in [4.78, 5) is 35.2. The molecular formula is C18H23N3O3. The number of rotatable bonds is 5. The van der Waals surface area contributed by atoms with Crippen molar-refractivity contribution in [1.82, 2.24) is 10.6 Å². The summed E-state index contributed by atoms with van der Waals surface area (Å²) in [6, 6.07) is 7.40. The lowest BCUT2D eigenvalue weighted by Gasteiger charge is -2.19. The summed E-state index contributed by atoms with van der Waals surface area (Å²) in [7, 11) is 0. The Balaban J connectivity index is 1.58. The van der Waals surface area contributed by atoms with Crippen LogP contribution in [-0.4, -0.2) is 30.3 Å². The van der Waals surface area contributed by atoms with Gasteiger partial charge < -0.3 is 11.1 Å². The lowest BCUT2D eigenvalue weighted by molar-refractivity contribution is -0.125. The maximum Gasteiger partial charge on any atom is 0.251 e. The fraction of sp³-hybridized carbons (Fsp3) is 0.500. The second kappa shape index (κ2) is 7.13. The van der Waals surface area contributed by atoms with Gasteiger partial charge in [0.1, 0.15) is 0 Å². The number of amides is 3. The highest BCUT2D eigenvalue weighted by molar-refractivity contribution is 6.03. The molecule has 4 N–H and O–H groups in total. The number of carbonyl (C=O) groups is 3. The Kier molecular flexibility index (Phi) is 4.94. The molecule has 0 aromatic heterocycles. The second-order valence-electron chi connectivity index (χ2n) is 6.72. The van der Waals surface area contributed by atoms with E-state index in [1.807, 2.05) is 12.1 Å². The van der Waals surface area contributed by atoms with Crippen molar-refractivity contribution in [2.45, 2.75) is 38.1 Å².